The van der Waals surface area contributed by atoms with E-state index in [1.54, 1.807) is 12.1 Å². The number of hydrogen-bond acceptors (Lipinski definition) is 2. The molecule has 0 aromatic heterocycles. The van der Waals surface area contributed by atoms with Crippen LogP contribution in [0.4, 0.5) is 8.78 Å². The fraction of sp³-hybridized carbons (Fsp3) is 0.625. The Morgan fingerprint density at radius 2 is 1.90 bits per heavy atom. The highest BCUT2D eigenvalue weighted by atomic mass is 19.3. The Hall–Kier alpha value is -1.00. The van der Waals surface area contributed by atoms with Gasteiger partial charge in [-0.15, -0.1) is 0 Å². The largest absolute Gasteiger partial charge is 0.311 e. The van der Waals surface area contributed by atoms with Crippen LogP contribution < -0.4 is 5.32 Å². The Kier molecular flexibility index (Phi) is 7.10. The second-order valence-corrected chi connectivity index (χ2v) is 5.92. The van der Waals surface area contributed by atoms with Crippen LogP contribution in [0, 0.1) is 5.92 Å². The van der Waals surface area contributed by atoms with Crippen molar-refractivity contribution in [1.82, 2.24) is 10.2 Å². The van der Waals surface area contributed by atoms with E-state index in [9.17, 15) is 8.78 Å². The molecule has 1 rings (SSSR count). The molecule has 1 atom stereocenters. The van der Waals surface area contributed by atoms with Gasteiger partial charge in [0.25, 0.3) is 6.43 Å². The predicted octanol–water partition coefficient (Wildman–Crippen LogP) is 3.69. The summed E-state index contributed by atoms with van der Waals surface area (Å²) in [6.07, 6.45) is -1.28. The van der Waals surface area contributed by atoms with Gasteiger partial charge in [0.15, 0.2) is 0 Å². The first-order valence-electron chi connectivity index (χ1n) is 7.14. The Labute approximate surface area is 121 Å². The van der Waals surface area contributed by atoms with E-state index in [-0.39, 0.29) is 5.56 Å². The number of likely N-dealkylation sites (N-methyl/N-ethyl adjacent to an activating group) is 1. The molecule has 2 nitrogen and oxygen atoms in total. The highest BCUT2D eigenvalue weighted by molar-refractivity contribution is 5.24. The first-order chi connectivity index (χ1) is 9.40. The van der Waals surface area contributed by atoms with Crippen LogP contribution in [-0.4, -0.2) is 31.6 Å². The van der Waals surface area contributed by atoms with Gasteiger partial charge in [-0.3, -0.25) is 0 Å². The molecule has 0 radical (unpaired) electrons. The van der Waals surface area contributed by atoms with Crippen LogP contribution in [0.25, 0.3) is 0 Å². The predicted molar refractivity (Wildman–Crippen MR) is 80.0 cm³/mol. The molecule has 0 aliphatic carbocycles. The lowest BCUT2D eigenvalue weighted by molar-refractivity contribution is 0.151. The van der Waals surface area contributed by atoms with Crippen LogP contribution in [-0.2, 0) is 6.54 Å². The molecule has 20 heavy (non-hydrogen) atoms. The van der Waals surface area contributed by atoms with Crippen molar-refractivity contribution >= 4 is 0 Å². The van der Waals surface area contributed by atoms with Crippen LogP contribution in [0.15, 0.2) is 24.3 Å². The number of rotatable bonds is 8. The molecule has 1 aromatic rings. The van der Waals surface area contributed by atoms with Crippen LogP contribution in [0.5, 0.6) is 0 Å². The summed E-state index contributed by atoms with van der Waals surface area (Å²) in [5.74, 6) is 0.645. The van der Waals surface area contributed by atoms with E-state index < -0.39 is 6.43 Å². The Morgan fingerprint density at radius 3 is 2.45 bits per heavy atom. The maximum Gasteiger partial charge on any atom is 0.263 e. The fourth-order valence-electron chi connectivity index (χ4n) is 2.24. The van der Waals surface area contributed by atoms with E-state index in [4.69, 9.17) is 0 Å². The quantitative estimate of drug-likeness (QED) is 0.783. The van der Waals surface area contributed by atoms with Gasteiger partial charge in [-0.2, -0.15) is 0 Å². The molecule has 1 aromatic carbocycles. The number of nitrogens with zero attached hydrogens (tertiary/aromatic N) is 1. The van der Waals surface area contributed by atoms with E-state index in [1.807, 2.05) is 6.07 Å². The van der Waals surface area contributed by atoms with E-state index in [0.717, 1.165) is 18.5 Å². The monoisotopic (exact) mass is 284 g/mol. The third-order valence-electron chi connectivity index (χ3n) is 3.39. The minimum atomic E-state index is -2.40. The number of hydrogen-bond donors (Lipinski definition) is 1. The molecule has 4 heteroatoms. The van der Waals surface area contributed by atoms with Crippen molar-refractivity contribution in [3.05, 3.63) is 35.4 Å². The lowest BCUT2D eigenvalue weighted by atomic mass is 10.0. The summed E-state index contributed by atoms with van der Waals surface area (Å²) in [5, 5.41) is 3.37. The van der Waals surface area contributed by atoms with Gasteiger partial charge >= 0.3 is 0 Å². The zero-order chi connectivity index (χ0) is 15.1. The Balaban J connectivity index is 2.48. The molecule has 0 fully saturated rings. The molecule has 0 spiro atoms. The third kappa shape index (κ3) is 5.97. The van der Waals surface area contributed by atoms with Crippen molar-refractivity contribution in [2.24, 2.45) is 5.92 Å². The molecule has 1 unspecified atom stereocenters. The minimum absolute atomic E-state index is 0.0932. The summed E-state index contributed by atoms with van der Waals surface area (Å²) in [4.78, 5) is 2.21. The summed E-state index contributed by atoms with van der Waals surface area (Å²) in [7, 11) is 4.15. The minimum Gasteiger partial charge on any atom is -0.311 e. The van der Waals surface area contributed by atoms with Gasteiger partial charge in [-0.25, -0.2) is 8.78 Å². The van der Waals surface area contributed by atoms with Crippen LogP contribution in [0.3, 0.4) is 0 Å². The second-order valence-electron chi connectivity index (χ2n) is 5.92. The van der Waals surface area contributed by atoms with Crippen molar-refractivity contribution in [2.45, 2.75) is 39.3 Å². The molecule has 0 aliphatic rings. The van der Waals surface area contributed by atoms with Gasteiger partial charge in [-0.05, 0) is 38.1 Å². The smallest absolute Gasteiger partial charge is 0.263 e. The van der Waals surface area contributed by atoms with Gasteiger partial charge in [0.05, 0.1) is 0 Å². The molecular formula is C16H26F2N2. The molecule has 1 N–H and O–H groups in total. The highest BCUT2D eigenvalue weighted by Crippen LogP contribution is 2.19. The first-order valence-corrected chi connectivity index (χ1v) is 7.14. The summed E-state index contributed by atoms with van der Waals surface area (Å²) >= 11 is 0. The second kappa shape index (κ2) is 8.32. The normalized spacial score (nSPS) is 13.4. The van der Waals surface area contributed by atoms with E-state index in [1.165, 1.54) is 6.07 Å². The highest BCUT2D eigenvalue weighted by Gasteiger charge is 2.13. The SMILES string of the molecule is CC(C)CC(CNCc1cccc(C(F)F)c1)N(C)C. The molecule has 0 saturated carbocycles. The fourth-order valence-corrected chi connectivity index (χ4v) is 2.24. The number of alkyl halides is 2. The van der Waals surface area contributed by atoms with E-state index in [2.05, 4.69) is 38.2 Å². The average Bonchev–Trinajstić information content (AvgIpc) is 2.37. The lowest BCUT2D eigenvalue weighted by Gasteiger charge is -2.26. The van der Waals surface area contributed by atoms with Crippen molar-refractivity contribution < 1.29 is 8.78 Å². The van der Waals surface area contributed by atoms with E-state index >= 15 is 0 Å². The van der Waals surface area contributed by atoms with Crippen molar-refractivity contribution in [3.63, 3.8) is 0 Å². The van der Waals surface area contributed by atoms with Gasteiger partial charge in [0, 0.05) is 24.7 Å². The summed E-state index contributed by atoms with van der Waals surface area (Å²) in [6, 6.07) is 7.08. The summed E-state index contributed by atoms with van der Waals surface area (Å²) < 4.78 is 25.2. The molecule has 114 valence electrons. The number of nitrogens with one attached hydrogen (secondary N) is 1. The maximum absolute atomic E-state index is 12.6. The molecule has 0 aliphatic heterocycles. The van der Waals surface area contributed by atoms with Crippen LogP contribution in [0.1, 0.15) is 37.8 Å². The van der Waals surface area contributed by atoms with Crippen LogP contribution >= 0.6 is 0 Å². The standard InChI is InChI=1S/C16H26F2N2/c1-12(2)8-15(20(3)4)11-19-10-13-6-5-7-14(9-13)16(17)18/h5-7,9,12,15-16,19H,8,10-11H2,1-4H3. The first kappa shape index (κ1) is 17.1. The van der Waals surface area contributed by atoms with Crippen molar-refractivity contribution in [2.75, 3.05) is 20.6 Å². The van der Waals surface area contributed by atoms with Gasteiger partial charge in [0.1, 0.15) is 0 Å². The van der Waals surface area contributed by atoms with Crippen LogP contribution in [0.2, 0.25) is 0 Å². The van der Waals surface area contributed by atoms with Crippen molar-refractivity contribution in [1.29, 1.82) is 0 Å². The third-order valence-corrected chi connectivity index (χ3v) is 3.39. The summed E-state index contributed by atoms with van der Waals surface area (Å²) in [6.45, 7) is 5.91. The molecule has 0 amide bonds. The molecule has 0 saturated heterocycles. The zero-order valence-corrected chi connectivity index (χ0v) is 12.9. The van der Waals surface area contributed by atoms with Crippen molar-refractivity contribution in [3.8, 4) is 0 Å². The molecule has 0 heterocycles. The zero-order valence-electron chi connectivity index (χ0n) is 12.9. The summed E-state index contributed by atoms with van der Waals surface area (Å²) in [5.41, 5.74) is 1.00. The van der Waals surface area contributed by atoms with E-state index in [0.29, 0.717) is 18.5 Å². The lowest BCUT2D eigenvalue weighted by Crippen LogP contribution is -2.38. The van der Waals surface area contributed by atoms with Gasteiger partial charge in [-0.1, -0.05) is 32.0 Å². The topological polar surface area (TPSA) is 15.3 Å². The van der Waals surface area contributed by atoms with Gasteiger partial charge in [0.2, 0.25) is 0 Å². The maximum atomic E-state index is 12.6. The van der Waals surface area contributed by atoms with Gasteiger partial charge < -0.3 is 10.2 Å². The molecular weight excluding hydrogens is 258 g/mol. The Morgan fingerprint density at radius 1 is 1.20 bits per heavy atom. The number of halogens is 2. The molecule has 0 bridgehead atoms. The average molecular weight is 284 g/mol. The number of benzene rings is 1. The Bertz CT molecular complexity index is 392.